The molecule has 0 atom stereocenters. The van der Waals surface area contributed by atoms with Gasteiger partial charge in [0, 0.05) is 4.88 Å². The fourth-order valence-corrected chi connectivity index (χ4v) is 1.40. The highest BCUT2D eigenvalue weighted by atomic mass is 32.1. The Bertz CT molecular complexity index is 219. The molecule has 0 N–H and O–H groups in total. The maximum Gasteiger partial charge on any atom is 0.0635 e. The van der Waals surface area contributed by atoms with Crippen LogP contribution in [-0.2, 0) is 5.41 Å². The van der Waals surface area contributed by atoms with Crippen LogP contribution in [0.25, 0.3) is 0 Å². The van der Waals surface area contributed by atoms with Gasteiger partial charge in [0.15, 0.2) is 0 Å². The predicted molar refractivity (Wildman–Crippen MR) is 43.0 cm³/mol. The van der Waals surface area contributed by atoms with E-state index in [0.717, 1.165) is 0 Å². The summed E-state index contributed by atoms with van der Waals surface area (Å²) in [4.78, 5) is 1.17. The molecule has 0 spiro atoms. The van der Waals surface area contributed by atoms with Gasteiger partial charge in [-0.15, -0.1) is 11.3 Å². The van der Waals surface area contributed by atoms with Crippen molar-refractivity contribution in [3.05, 3.63) is 22.4 Å². The second-order valence-electron chi connectivity index (χ2n) is 3.14. The third-order valence-electron chi connectivity index (χ3n) is 1.15. The highest BCUT2D eigenvalue weighted by Crippen LogP contribution is 2.25. The summed E-state index contributed by atoms with van der Waals surface area (Å²) in [7, 11) is 0. The van der Waals surface area contributed by atoms with E-state index in [1.54, 1.807) is 11.3 Å². The summed E-state index contributed by atoms with van der Waals surface area (Å²) in [6.07, 6.45) is 0. The van der Waals surface area contributed by atoms with E-state index in [1.807, 2.05) is 11.4 Å². The van der Waals surface area contributed by atoms with Crippen molar-refractivity contribution < 1.29 is 1.37 Å². The first-order valence-electron chi connectivity index (χ1n) is 3.56. The predicted octanol–water partition coefficient (Wildman–Crippen LogP) is 3.05. The lowest BCUT2D eigenvalue weighted by atomic mass is 9.95. The zero-order valence-corrected chi connectivity index (χ0v) is 6.88. The fraction of sp³-hybridized carbons (Fsp3) is 0.500. The van der Waals surface area contributed by atoms with Crippen molar-refractivity contribution in [1.82, 2.24) is 0 Å². The molecule has 9 heavy (non-hydrogen) atoms. The molecule has 0 radical (unpaired) electrons. The quantitative estimate of drug-likeness (QED) is 0.521. The molecule has 0 saturated heterocycles. The zero-order valence-electron chi connectivity index (χ0n) is 7.06. The smallest absolute Gasteiger partial charge is 0.0635 e. The molecule has 0 amide bonds. The van der Waals surface area contributed by atoms with Crippen molar-refractivity contribution >= 4 is 11.3 Å². The minimum Gasteiger partial charge on any atom is -0.148 e. The Labute approximate surface area is 61.9 Å². The van der Waals surface area contributed by atoms with Crippen molar-refractivity contribution in [3.8, 4) is 0 Å². The molecular formula is C8H12S. The molecule has 1 aromatic heterocycles. The average Bonchev–Trinajstić information content (AvgIpc) is 2.11. The number of hydrogen-bond donors (Lipinski definition) is 0. The topological polar surface area (TPSA) is 0 Å². The summed E-state index contributed by atoms with van der Waals surface area (Å²) in [5.74, 6) is 0. The van der Waals surface area contributed by atoms with E-state index < -0.39 is 0 Å². The summed E-state index contributed by atoms with van der Waals surface area (Å²) in [6, 6.07) is 2.53. The summed E-state index contributed by atoms with van der Waals surface area (Å²) in [5, 5.41) is 1.98. The van der Waals surface area contributed by atoms with Gasteiger partial charge in [-0.3, -0.25) is 0 Å². The molecule has 1 aromatic rings. The Morgan fingerprint density at radius 2 is 2.22 bits per heavy atom. The van der Waals surface area contributed by atoms with Crippen molar-refractivity contribution in [1.29, 1.82) is 0 Å². The second-order valence-corrected chi connectivity index (χ2v) is 4.06. The van der Waals surface area contributed by atoms with E-state index in [4.69, 9.17) is 1.37 Å². The molecule has 0 aromatic carbocycles. The van der Waals surface area contributed by atoms with Crippen LogP contribution in [0.5, 0.6) is 0 Å². The lowest BCUT2D eigenvalue weighted by molar-refractivity contribution is 0.604. The highest BCUT2D eigenvalue weighted by Gasteiger charge is 2.13. The lowest BCUT2D eigenvalue weighted by Crippen LogP contribution is -2.07. The van der Waals surface area contributed by atoms with E-state index >= 15 is 0 Å². The minimum atomic E-state index is 0.144. The first-order valence-corrected chi connectivity index (χ1v) is 3.94. The largest absolute Gasteiger partial charge is 0.148 e. The monoisotopic (exact) mass is 141 g/mol. The summed E-state index contributed by atoms with van der Waals surface area (Å²) >= 11 is 1.67. The Morgan fingerprint density at radius 1 is 1.56 bits per heavy atom. The van der Waals surface area contributed by atoms with Crippen LogP contribution in [0, 0.1) is 0 Å². The van der Waals surface area contributed by atoms with Crippen molar-refractivity contribution in [3.63, 3.8) is 0 Å². The van der Waals surface area contributed by atoms with Gasteiger partial charge in [0.05, 0.1) is 1.37 Å². The van der Waals surface area contributed by atoms with E-state index in [1.165, 1.54) is 4.88 Å². The van der Waals surface area contributed by atoms with Gasteiger partial charge < -0.3 is 0 Å². The molecule has 0 aliphatic heterocycles. The first-order chi connectivity index (χ1) is 4.52. The zero-order chi connectivity index (χ0) is 7.78. The molecule has 1 heteroatoms. The van der Waals surface area contributed by atoms with Gasteiger partial charge in [0.2, 0.25) is 0 Å². The number of hydrogen-bond acceptors (Lipinski definition) is 1. The first kappa shape index (κ1) is 5.48. The molecule has 0 unspecified atom stereocenters. The van der Waals surface area contributed by atoms with Gasteiger partial charge in [-0.2, -0.15) is 0 Å². The van der Waals surface area contributed by atoms with Crippen LogP contribution in [0.1, 0.15) is 27.0 Å². The fourth-order valence-electron chi connectivity index (χ4n) is 0.639. The summed E-state index contributed by atoms with van der Waals surface area (Å²) in [6.45, 7) is 6.41. The Morgan fingerprint density at radius 3 is 2.44 bits per heavy atom. The van der Waals surface area contributed by atoms with Crippen LogP contribution >= 0.6 is 11.3 Å². The molecule has 1 rings (SSSR count). The molecule has 0 bridgehead atoms. The van der Waals surface area contributed by atoms with Crippen LogP contribution in [0.3, 0.4) is 0 Å². The third-order valence-corrected chi connectivity index (χ3v) is 2.39. The molecule has 0 nitrogen and oxygen atoms in total. The maximum atomic E-state index is 7.52. The third kappa shape index (κ3) is 1.55. The second kappa shape index (κ2) is 2.14. The van der Waals surface area contributed by atoms with Crippen LogP contribution < -0.4 is 0 Å². The minimum absolute atomic E-state index is 0.144. The average molecular weight is 141 g/mol. The lowest BCUT2D eigenvalue weighted by Gasteiger charge is -2.14. The van der Waals surface area contributed by atoms with Gasteiger partial charge >= 0.3 is 0 Å². The Balaban J connectivity index is 3.05. The van der Waals surface area contributed by atoms with Crippen molar-refractivity contribution in [2.45, 2.75) is 26.2 Å². The molecule has 0 aliphatic rings. The molecule has 1 heterocycles. The number of rotatable bonds is 0. The van der Waals surface area contributed by atoms with Gasteiger partial charge in [-0.05, 0) is 16.8 Å². The molecule has 0 fully saturated rings. The van der Waals surface area contributed by atoms with Gasteiger partial charge in [0.25, 0.3) is 0 Å². The van der Waals surface area contributed by atoms with Crippen LogP contribution in [0.4, 0.5) is 0 Å². The van der Waals surface area contributed by atoms with Crippen LogP contribution in [0.15, 0.2) is 17.5 Å². The van der Waals surface area contributed by atoms with E-state index in [-0.39, 0.29) is 5.41 Å². The van der Waals surface area contributed by atoms with E-state index in [0.29, 0.717) is 6.04 Å². The van der Waals surface area contributed by atoms with Crippen LogP contribution in [-0.4, -0.2) is 0 Å². The van der Waals surface area contributed by atoms with Crippen molar-refractivity contribution in [2.24, 2.45) is 0 Å². The van der Waals surface area contributed by atoms with E-state index in [9.17, 15) is 0 Å². The van der Waals surface area contributed by atoms with Gasteiger partial charge in [0.1, 0.15) is 0 Å². The molecule has 50 valence electrons. The molecule has 0 saturated carbocycles. The summed E-state index contributed by atoms with van der Waals surface area (Å²) in [5.41, 5.74) is 0.144. The summed E-state index contributed by atoms with van der Waals surface area (Å²) < 4.78 is 7.52. The standard InChI is InChI=1S/C8H12S/c1-8(2,3)7-5-4-6-9-7/h4-6H,1-3H3/i5D. The van der Waals surface area contributed by atoms with Crippen LogP contribution in [0.2, 0.25) is 0 Å². The Hall–Kier alpha value is -0.300. The van der Waals surface area contributed by atoms with E-state index in [2.05, 4.69) is 20.8 Å². The van der Waals surface area contributed by atoms with Gasteiger partial charge in [-0.1, -0.05) is 26.8 Å². The van der Waals surface area contributed by atoms with Gasteiger partial charge in [-0.25, -0.2) is 0 Å². The SMILES string of the molecule is [2H]c1ccsc1C(C)(C)C. The maximum absolute atomic E-state index is 7.52. The normalized spacial score (nSPS) is 13.4. The van der Waals surface area contributed by atoms with Crippen molar-refractivity contribution in [2.75, 3.05) is 0 Å². The Kier molecular flexibility index (Phi) is 1.31. The molecular weight excluding hydrogens is 128 g/mol. The highest BCUT2D eigenvalue weighted by molar-refractivity contribution is 7.10. The molecule has 0 aliphatic carbocycles. The number of thiophene rings is 1.